The van der Waals surface area contributed by atoms with Gasteiger partial charge in [-0.2, -0.15) is 4.72 Å². The van der Waals surface area contributed by atoms with Crippen LogP contribution < -0.4 is 4.72 Å². The average molecular weight is 385 g/mol. The van der Waals surface area contributed by atoms with E-state index in [1.807, 2.05) is 0 Å². The van der Waals surface area contributed by atoms with E-state index in [4.69, 9.17) is 0 Å². The van der Waals surface area contributed by atoms with E-state index in [9.17, 15) is 33.2 Å². The number of nitro groups is 1. The molecule has 0 saturated carbocycles. The van der Waals surface area contributed by atoms with Gasteiger partial charge < -0.3 is 10.0 Å². The van der Waals surface area contributed by atoms with Crippen LogP contribution in [0.4, 0.5) is 5.69 Å². The highest BCUT2D eigenvalue weighted by Crippen LogP contribution is 2.28. The zero-order valence-corrected chi connectivity index (χ0v) is 15.2. The first-order chi connectivity index (χ1) is 12.0. The zero-order valence-electron chi connectivity index (χ0n) is 14.4. The summed E-state index contributed by atoms with van der Waals surface area (Å²) in [7, 11) is -4.33. The van der Waals surface area contributed by atoms with Crippen LogP contribution in [0.15, 0.2) is 23.1 Å². The van der Waals surface area contributed by atoms with E-state index in [0.29, 0.717) is 0 Å². The van der Waals surface area contributed by atoms with Gasteiger partial charge in [-0.15, -0.1) is 0 Å². The van der Waals surface area contributed by atoms with E-state index in [0.717, 1.165) is 11.0 Å². The second-order valence-corrected chi connectivity index (χ2v) is 8.05. The number of nitro benzene ring substituents is 1. The Bertz CT molecular complexity index is 866. The molecule has 0 spiro atoms. The molecule has 1 amide bonds. The van der Waals surface area contributed by atoms with Crippen molar-refractivity contribution in [3.63, 3.8) is 0 Å². The third-order valence-electron chi connectivity index (χ3n) is 4.15. The first-order valence-corrected chi connectivity index (χ1v) is 9.25. The third kappa shape index (κ3) is 3.53. The number of nitrogens with zero attached hydrogens (tertiary/aromatic N) is 2. The monoisotopic (exact) mass is 385 g/mol. The summed E-state index contributed by atoms with van der Waals surface area (Å²) < 4.78 is 27.1. The molecular formula is C15H19N3O7S. The van der Waals surface area contributed by atoms with Gasteiger partial charge in [-0.05, 0) is 18.9 Å². The number of hydrogen-bond donors (Lipinski definition) is 2. The Morgan fingerprint density at radius 2 is 2.04 bits per heavy atom. The molecule has 0 unspecified atom stereocenters. The number of nitrogens with one attached hydrogen (secondary N) is 1. The number of hydrogen-bond acceptors (Lipinski definition) is 6. The third-order valence-corrected chi connectivity index (χ3v) is 5.65. The highest BCUT2D eigenvalue weighted by Gasteiger charge is 2.46. The van der Waals surface area contributed by atoms with Crippen LogP contribution in [0.1, 0.15) is 19.4 Å². The first-order valence-electron chi connectivity index (χ1n) is 7.77. The normalized spacial score (nSPS) is 18.5. The molecule has 1 aliphatic heterocycles. The van der Waals surface area contributed by atoms with E-state index in [-0.39, 0.29) is 18.0 Å². The first kappa shape index (κ1) is 19.8. The number of carbonyl (C=O) groups is 2. The fraction of sp³-hybridized carbons (Fsp3) is 0.467. The summed E-state index contributed by atoms with van der Waals surface area (Å²) in [6.45, 7) is 4.57. The lowest BCUT2D eigenvalue weighted by Gasteiger charge is -2.43. The average Bonchev–Trinajstić information content (AvgIpc) is 2.52. The number of amides is 1. The minimum atomic E-state index is -4.33. The molecule has 1 aromatic carbocycles. The molecule has 11 heteroatoms. The number of aryl methyl sites for hydroxylation is 1. The lowest BCUT2D eigenvalue weighted by Crippen LogP contribution is -2.68. The van der Waals surface area contributed by atoms with Gasteiger partial charge in [0, 0.05) is 12.1 Å². The van der Waals surface area contributed by atoms with Gasteiger partial charge in [0.05, 0.1) is 4.92 Å². The van der Waals surface area contributed by atoms with E-state index in [2.05, 4.69) is 4.72 Å². The Morgan fingerprint density at radius 1 is 1.42 bits per heavy atom. The van der Waals surface area contributed by atoms with Crippen LogP contribution in [-0.4, -0.2) is 53.9 Å². The van der Waals surface area contributed by atoms with Gasteiger partial charge >= 0.3 is 5.97 Å². The summed E-state index contributed by atoms with van der Waals surface area (Å²) in [6, 6.07) is 1.65. The SMILES string of the molecule is Cc1cccc(S(=O)(=O)N[C@@H]2CN([C@@H](C(=O)O)C(C)C)C2=O)c1[N+](=O)[O-]. The maximum Gasteiger partial charge on any atom is 0.326 e. The standard InChI is InChI=1S/C15H19N3O7S/c1-8(2)12(15(20)21)17-7-10(14(17)19)16-26(24,25)11-6-4-5-9(3)13(11)18(22)23/h4-6,8,10,12,16H,7H2,1-3H3,(H,20,21)/t10-,12-/m1/s1. The molecule has 1 aliphatic rings. The Morgan fingerprint density at radius 3 is 2.50 bits per heavy atom. The number of β-lactam (4-membered cyclic amide) rings is 1. The molecule has 26 heavy (non-hydrogen) atoms. The molecule has 2 rings (SSSR count). The van der Waals surface area contributed by atoms with E-state index < -0.39 is 49.5 Å². The summed E-state index contributed by atoms with van der Waals surface area (Å²) in [5, 5.41) is 20.4. The van der Waals surface area contributed by atoms with Crippen LogP contribution in [0, 0.1) is 23.0 Å². The smallest absolute Gasteiger partial charge is 0.326 e. The van der Waals surface area contributed by atoms with Crippen molar-refractivity contribution in [1.29, 1.82) is 0 Å². The van der Waals surface area contributed by atoms with Crippen LogP contribution in [0.25, 0.3) is 0 Å². The van der Waals surface area contributed by atoms with Crippen molar-refractivity contribution in [1.82, 2.24) is 9.62 Å². The number of carbonyl (C=O) groups excluding carboxylic acids is 1. The largest absolute Gasteiger partial charge is 0.480 e. The zero-order chi connectivity index (χ0) is 19.8. The fourth-order valence-electron chi connectivity index (χ4n) is 2.90. The quantitative estimate of drug-likeness (QED) is 0.394. The maximum atomic E-state index is 12.5. The fourth-order valence-corrected chi connectivity index (χ4v) is 4.33. The number of carboxylic acid groups (broad SMARTS) is 1. The molecule has 1 heterocycles. The minimum Gasteiger partial charge on any atom is -0.480 e. The summed E-state index contributed by atoms with van der Waals surface area (Å²) in [5.41, 5.74) is -0.389. The summed E-state index contributed by atoms with van der Waals surface area (Å²) >= 11 is 0. The van der Waals surface area contributed by atoms with Gasteiger partial charge in [0.1, 0.15) is 12.1 Å². The van der Waals surface area contributed by atoms with Crippen molar-refractivity contribution in [2.45, 2.75) is 37.8 Å². The molecule has 2 atom stereocenters. The van der Waals surface area contributed by atoms with Gasteiger partial charge in [-0.1, -0.05) is 26.0 Å². The van der Waals surface area contributed by atoms with Crippen molar-refractivity contribution in [2.75, 3.05) is 6.54 Å². The number of benzene rings is 1. The molecule has 1 fully saturated rings. The van der Waals surface area contributed by atoms with Gasteiger partial charge in [0.2, 0.25) is 15.9 Å². The highest BCUT2D eigenvalue weighted by atomic mass is 32.2. The molecule has 10 nitrogen and oxygen atoms in total. The van der Waals surface area contributed by atoms with Crippen LogP contribution in [0.2, 0.25) is 0 Å². The Balaban J connectivity index is 2.23. The molecule has 0 aromatic heterocycles. The molecule has 1 saturated heterocycles. The predicted molar refractivity (Wildman–Crippen MR) is 89.9 cm³/mol. The number of rotatable bonds is 7. The van der Waals surface area contributed by atoms with E-state index in [1.165, 1.54) is 19.1 Å². The molecule has 0 aliphatic carbocycles. The minimum absolute atomic E-state index is 0.118. The lowest BCUT2D eigenvalue weighted by atomic mass is 9.97. The summed E-state index contributed by atoms with van der Waals surface area (Å²) in [5.74, 6) is -2.21. The second kappa shape index (κ2) is 7.00. The van der Waals surface area contributed by atoms with E-state index >= 15 is 0 Å². The van der Waals surface area contributed by atoms with Crippen molar-refractivity contribution >= 4 is 27.6 Å². The summed E-state index contributed by atoms with van der Waals surface area (Å²) in [4.78, 5) is 34.4. The Labute approximate surface area is 150 Å². The van der Waals surface area contributed by atoms with Crippen molar-refractivity contribution < 1.29 is 28.0 Å². The number of para-hydroxylation sites is 1. The number of aliphatic carboxylic acids is 1. The summed E-state index contributed by atoms with van der Waals surface area (Å²) in [6.07, 6.45) is 0. The molecule has 1 aromatic rings. The molecule has 142 valence electrons. The van der Waals surface area contributed by atoms with Crippen molar-refractivity contribution in [2.24, 2.45) is 5.92 Å². The van der Waals surface area contributed by atoms with Crippen LogP contribution >= 0.6 is 0 Å². The second-order valence-electron chi connectivity index (χ2n) is 6.37. The Hall–Kier alpha value is -2.53. The molecule has 0 radical (unpaired) electrons. The van der Waals surface area contributed by atoms with E-state index in [1.54, 1.807) is 13.8 Å². The lowest BCUT2D eigenvalue weighted by molar-refractivity contribution is -0.388. The van der Waals surface area contributed by atoms with Gasteiger partial charge in [-0.3, -0.25) is 14.9 Å². The number of likely N-dealkylation sites (tertiary alicyclic amines) is 1. The van der Waals surface area contributed by atoms with Crippen molar-refractivity contribution in [3.05, 3.63) is 33.9 Å². The van der Waals surface area contributed by atoms with Crippen molar-refractivity contribution in [3.8, 4) is 0 Å². The van der Waals surface area contributed by atoms with Gasteiger partial charge in [-0.25, -0.2) is 13.2 Å². The van der Waals surface area contributed by atoms with Gasteiger partial charge in [0.25, 0.3) is 5.69 Å². The maximum absolute atomic E-state index is 12.5. The number of carboxylic acids is 1. The molecular weight excluding hydrogens is 366 g/mol. The van der Waals surface area contributed by atoms with Crippen LogP contribution in [0.3, 0.4) is 0 Å². The van der Waals surface area contributed by atoms with Crippen LogP contribution in [-0.2, 0) is 19.6 Å². The number of sulfonamides is 1. The highest BCUT2D eigenvalue weighted by molar-refractivity contribution is 7.89. The Kier molecular flexibility index (Phi) is 5.33. The molecule has 2 N–H and O–H groups in total. The topological polar surface area (TPSA) is 147 Å². The predicted octanol–water partition coefficient (Wildman–Crippen LogP) is 0.502. The van der Waals surface area contributed by atoms with Crippen LogP contribution in [0.5, 0.6) is 0 Å². The van der Waals surface area contributed by atoms with Gasteiger partial charge in [0.15, 0.2) is 4.90 Å². The molecule has 0 bridgehead atoms.